The minimum atomic E-state index is 2.50. The Morgan fingerprint density at radius 2 is 0.0769 bits per heavy atom. The quantitative estimate of drug-likeness (QED) is 0.0424. The van der Waals surface area contributed by atoms with Gasteiger partial charge in [-0.3, -0.25) is 0 Å². The summed E-state index contributed by atoms with van der Waals surface area (Å²) in [5.74, 6) is 0. The monoisotopic (exact) mass is 1460 g/mol. The van der Waals surface area contributed by atoms with Crippen LogP contribution in [0.2, 0.25) is 0 Å². The van der Waals surface area contributed by atoms with Crippen LogP contribution >= 0.6 is 0 Å². The van der Waals surface area contributed by atoms with Crippen molar-refractivity contribution in [2.45, 2.75) is 0 Å². The van der Waals surface area contributed by atoms with Crippen molar-refractivity contribution >= 4 is 0 Å². The summed E-state index contributed by atoms with van der Waals surface area (Å²) in [5.41, 5.74) is 12.5. The van der Waals surface area contributed by atoms with Crippen LogP contribution in [-0.2, 0) is 0 Å². The zero-order chi connectivity index (χ0) is 74.1. The van der Waals surface area contributed by atoms with E-state index in [-0.39, 0.29) is 0 Å². The molecule has 0 unspecified atom stereocenters. The molecule has 0 radical (unpaired) electrons. The molecule has 0 heterocycles. The minimum absolute atomic E-state index is 2.50. The molecule has 0 aliphatic carbocycles. The normalized spacial score (nSPS) is 15.6. The zero-order valence-electron chi connectivity index (χ0n) is 46.6. The fourth-order valence-corrected chi connectivity index (χ4v) is 1.79. The standard InChI is InChI=1S/H2N104/c1-3-5-7-9-11-13-15-17-19-21-23-25-27-29-31-33-35-37-39-41-43-45-47-49-51-53-55-57-59-61-63-65-67-69-71-73-75-77-79-81-83-85-87-89-91-93-95-97-99-101-103-104-102-100-98-96-94-92-90-88-86-84-82-80-78-76-74-72-70-68-66-64-62-60-58-56-54-52-50-48-46-44-42-40-38-36-34-32-30-28-26-24-22-20-18-16-14-12-10-8-6-4-2/h1-2H/b3-1?,4-2?,7-5+,8-6+,11-9+,12-10+,15-13+,16-14+,19-17+,20-18+,23-21+,24-22+,27-25+,28-26+,31-29+,32-30+,35-33+,36-34+,39-37+,40-38+,43-41+,44-42+,47-45+,48-46+,51-49+,52-50+,55-53+,56-54+,59-57+,60-58+,63-61+,64-62+,67-65+,68-66+,71-69+,72-70+,75-73+,76-74+,79-77+,80-78+,83-81+,84-82+,87-85+,88-86+,91-89+,92-90+,95-93+,96-94+,99-97+,100-98+,103-101+,104-102+. The lowest BCUT2D eigenvalue weighted by Gasteiger charge is -1.71. The van der Waals surface area contributed by atoms with Gasteiger partial charge in [0.2, 0.25) is 0 Å². The highest BCUT2D eigenvalue weighted by Crippen LogP contribution is 1.99. The van der Waals surface area contributed by atoms with Crippen molar-refractivity contribution in [2.24, 2.45) is 533 Å². The van der Waals surface area contributed by atoms with E-state index in [0.29, 0.717) is 0 Å². The van der Waals surface area contributed by atoms with Gasteiger partial charge in [-0.15, -0.1) is 0 Å². The molecule has 104 heavy (non-hydrogen) atoms. The maximum Gasteiger partial charge on any atom is 0 e. The van der Waals surface area contributed by atoms with Crippen LogP contribution < -0.4 is 0 Å². The molecule has 2 N–H and O–H groups in total. The second-order valence-corrected chi connectivity index (χ2v) is 9.14. The molecule has 0 aromatic heterocycles. The van der Waals surface area contributed by atoms with Gasteiger partial charge in [0.1, 0.15) is 0 Å². The van der Waals surface area contributed by atoms with E-state index >= 15 is 0 Å². The summed E-state index contributed by atoms with van der Waals surface area (Å²) in [6, 6.07) is 0. The highest BCUT2D eigenvalue weighted by molar-refractivity contribution is 4.23. The van der Waals surface area contributed by atoms with Gasteiger partial charge in [-0.2, -0.15) is 11.1 Å². The Bertz CT molecular complexity index is 3630. The molecule has 0 aromatic carbocycles. The molecular formula is H2N104. The molecule has 0 fully saturated rings. The van der Waals surface area contributed by atoms with Crippen molar-refractivity contribution in [1.29, 1.82) is 11.1 Å². The molecule has 0 amide bonds. The Hall–Kier alpha value is -20.8. The summed E-state index contributed by atoms with van der Waals surface area (Å²) in [5, 5.41) is 303. The minimum Gasteiger partial charge on any atom is -0.183 e. The van der Waals surface area contributed by atoms with E-state index in [1.54, 1.807) is 0 Å². The third-order valence-corrected chi connectivity index (χ3v) is 4.05. The first kappa shape index (κ1) is 83.2. The summed E-state index contributed by atoms with van der Waals surface area (Å²) in [4.78, 5) is 0. The largest absolute Gasteiger partial charge is 0.183 e. The molecule has 0 atom stereocenters. The van der Waals surface area contributed by atoms with Gasteiger partial charge >= 0.3 is 0 Å². The Morgan fingerprint density at radius 3 is 0.106 bits per heavy atom. The lowest BCUT2D eigenvalue weighted by Crippen LogP contribution is -1.52. The zero-order valence-corrected chi connectivity index (χ0v) is 46.6. The number of nitrogens with zero attached hydrogens (tertiary/aromatic N) is 102. The lowest BCUT2D eigenvalue weighted by molar-refractivity contribution is 0.723. The molecule has 0 bridgehead atoms. The number of hydrogen-bond donors (Lipinski definition) is 2. The van der Waals surface area contributed by atoms with Gasteiger partial charge in [0.05, 0.1) is 0 Å². The van der Waals surface area contributed by atoms with Gasteiger partial charge < -0.3 is 0 Å². The molecule has 0 aliphatic rings. The van der Waals surface area contributed by atoms with E-state index < -0.39 is 0 Å². The third kappa shape index (κ3) is 81.2. The molecule has 104 nitrogen and oxygen atoms in total. The van der Waals surface area contributed by atoms with Crippen molar-refractivity contribution in [3.8, 4) is 0 Å². The molecule has 0 spiro atoms. The third-order valence-electron chi connectivity index (χ3n) is 4.05. The summed E-state index contributed by atoms with van der Waals surface area (Å²) in [6.45, 7) is 0. The highest BCUT2D eigenvalue weighted by atomic mass is 15.8. The van der Waals surface area contributed by atoms with Gasteiger partial charge in [0.15, 0.2) is 0 Å². The predicted molar refractivity (Wildman–Crippen MR) is 253 cm³/mol. The van der Waals surface area contributed by atoms with Crippen molar-refractivity contribution in [1.82, 2.24) is 0 Å². The molecule has 104 heteroatoms. The van der Waals surface area contributed by atoms with Crippen molar-refractivity contribution < 1.29 is 0 Å². The van der Waals surface area contributed by atoms with E-state index in [2.05, 4.69) is 533 Å². The average molecular weight is 1460 g/mol. The summed E-state index contributed by atoms with van der Waals surface area (Å²) >= 11 is 0. The lowest BCUT2D eigenvalue weighted by atomic mass is 12.3. The average Bonchev–Trinajstić information content (AvgIpc) is 3.68. The first-order valence-corrected chi connectivity index (χ1v) is 20.6. The summed E-state index contributed by atoms with van der Waals surface area (Å²) in [6.07, 6.45) is 0. The molecule has 0 saturated heterocycles. The van der Waals surface area contributed by atoms with E-state index in [4.69, 9.17) is 11.1 Å². The Labute approximate surface area is 544 Å². The highest BCUT2D eigenvalue weighted by Gasteiger charge is 1.80. The SMILES string of the molecule is N=N/N=N/N=N/N=N/N=N/N=N/N=N/N=N/N=N/N=N/N=N/N=N/N=N/N=N/N=N/N=N/N=N/N=N/N=N/N=N/N=N/N=N/N=N/N=N/N=N/N=N/N=N/N=N/N=N/N=N/N=N/N=N/N=N/N=N/N=N/N=N/N=N/N=N/N=N/N=N/N=N/N=N/N=N/N=N/N=N/N=N/N=N/N=N/N=N/N=N/N=N/N=N. The van der Waals surface area contributed by atoms with Crippen molar-refractivity contribution in [3.05, 3.63) is 0 Å². The van der Waals surface area contributed by atoms with Gasteiger partial charge in [-0.1, -0.05) is 0 Å². The Kier molecular flexibility index (Phi) is 65.8. The predicted octanol–water partition coefficient (Wildman–Crippen LogP) is 19.3. The van der Waals surface area contributed by atoms with Crippen LogP contribution in [-0.4, -0.2) is 0 Å². The molecule has 0 rings (SSSR count). The summed E-state index contributed by atoms with van der Waals surface area (Å²) in [7, 11) is 0. The van der Waals surface area contributed by atoms with Crippen LogP contribution in [0.25, 0.3) is 0 Å². The molecule has 522 valence electrons. The fraction of sp³-hybridized carbons (Fsp3) is 0. The Balaban J connectivity index is 4.12. The fourth-order valence-electron chi connectivity index (χ4n) is 1.79. The van der Waals surface area contributed by atoms with Crippen LogP contribution in [0.5, 0.6) is 0 Å². The topological polar surface area (TPSA) is 1310 Å². The van der Waals surface area contributed by atoms with E-state index in [1.165, 1.54) is 0 Å². The van der Waals surface area contributed by atoms with E-state index in [0.717, 1.165) is 0 Å². The smallest absolute Gasteiger partial charge is 0 e. The number of hydrogen-bond acceptors (Lipinski definition) is 2. The Morgan fingerprint density at radius 1 is 0.0481 bits per heavy atom. The second-order valence-electron chi connectivity index (χ2n) is 9.14. The summed E-state index contributed by atoms with van der Waals surface area (Å²) < 4.78 is 0. The van der Waals surface area contributed by atoms with Gasteiger partial charge in [0, 0.05) is 449 Å². The van der Waals surface area contributed by atoms with Crippen LogP contribution in [0.15, 0.2) is 533 Å². The molecule has 0 aliphatic heterocycles. The van der Waals surface area contributed by atoms with E-state index in [9.17, 15) is 0 Å². The van der Waals surface area contributed by atoms with Crippen LogP contribution in [0.1, 0.15) is 0 Å². The van der Waals surface area contributed by atoms with Gasteiger partial charge in [0.25, 0.3) is 0 Å². The first-order valence-electron chi connectivity index (χ1n) is 20.6. The number of rotatable bonds is 51. The van der Waals surface area contributed by atoms with Crippen molar-refractivity contribution in [3.63, 3.8) is 0 Å². The van der Waals surface area contributed by atoms with Gasteiger partial charge in [-0.05, 0) is 83.6 Å². The maximum atomic E-state index is 6.27. The van der Waals surface area contributed by atoms with Gasteiger partial charge in [-0.25, -0.2) is 0 Å². The molecular weight excluding hydrogens is 1460 g/mol. The van der Waals surface area contributed by atoms with Crippen LogP contribution in [0, 0.1) is 11.1 Å². The van der Waals surface area contributed by atoms with Crippen LogP contribution in [0.4, 0.5) is 0 Å². The van der Waals surface area contributed by atoms with Crippen LogP contribution in [0.3, 0.4) is 0 Å². The first-order chi connectivity index (χ1) is 51.9. The number of nitrogens with one attached hydrogen (secondary N) is 2. The second kappa shape index (κ2) is 82.2. The van der Waals surface area contributed by atoms with Crippen molar-refractivity contribution in [2.75, 3.05) is 0 Å². The van der Waals surface area contributed by atoms with E-state index in [1.807, 2.05) is 0 Å². The molecule has 0 aromatic rings. The maximum absolute atomic E-state index is 6.27. The molecule has 0 saturated carbocycles.